The predicted molar refractivity (Wildman–Crippen MR) is 77.0 cm³/mol. The Labute approximate surface area is 118 Å². The van der Waals surface area contributed by atoms with Gasteiger partial charge < -0.3 is 20.7 Å². The zero-order chi connectivity index (χ0) is 15.0. The lowest BCUT2D eigenvalue weighted by atomic mass is 10.1. The van der Waals surface area contributed by atoms with Crippen LogP contribution in [0.1, 0.15) is 17.3 Å². The fourth-order valence-corrected chi connectivity index (χ4v) is 1.86. The smallest absolute Gasteiger partial charge is 0.176 e. The lowest BCUT2D eigenvalue weighted by molar-refractivity contribution is 0.0894. The topological polar surface area (TPSA) is 96.0 Å². The summed E-state index contributed by atoms with van der Waals surface area (Å²) in [5.74, 6) is 0.452. The summed E-state index contributed by atoms with van der Waals surface area (Å²) in [6.07, 6.45) is 0. The molecule has 0 saturated heterocycles. The van der Waals surface area contributed by atoms with Crippen LogP contribution in [0, 0.1) is 0 Å². The van der Waals surface area contributed by atoms with Crippen LogP contribution in [0.4, 0.5) is 5.69 Å². The van der Waals surface area contributed by atoms with E-state index in [1.54, 1.807) is 23.1 Å². The van der Waals surface area contributed by atoms with E-state index >= 15 is 0 Å². The number of hydrogen-bond donors (Lipinski definition) is 3. The molecule has 0 spiro atoms. The fourth-order valence-electron chi connectivity index (χ4n) is 1.86. The molecule has 1 rings (SSSR count). The zero-order valence-electron chi connectivity index (χ0n) is 11.7. The van der Waals surface area contributed by atoms with Gasteiger partial charge in [-0.2, -0.15) is 0 Å². The maximum atomic E-state index is 12.1. The highest BCUT2D eigenvalue weighted by Gasteiger charge is 2.13. The minimum absolute atomic E-state index is 0.0568. The third-order valence-corrected chi connectivity index (χ3v) is 2.83. The van der Waals surface area contributed by atoms with Gasteiger partial charge >= 0.3 is 0 Å². The molecule has 6 nitrogen and oxygen atoms in total. The third kappa shape index (κ3) is 4.80. The van der Waals surface area contributed by atoms with Gasteiger partial charge in [0.2, 0.25) is 0 Å². The number of nitrogens with zero attached hydrogens (tertiary/aromatic N) is 1. The molecule has 0 bridgehead atoms. The molecule has 0 fully saturated rings. The van der Waals surface area contributed by atoms with Crippen molar-refractivity contribution < 1.29 is 19.7 Å². The summed E-state index contributed by atoms with van der Waals surface area (Å²) in [7, 11) is 0. The summed E-state index contributed by atoms with van der Waals surface area (Å²) >= 11 is 0. The average Bonchev–Trinajstić information content (AvgIpc) is 2.41. The number of ether oxygens (including phenoxy) is 1. The zero-order valence-corrected chi connectivity index (χ0v) is 11.7. The minimum atomic E-state index is -0.110. The lowest BCUT2D eigenvalue weighted by Crippen LogP contribution is -2.34. The van der Waals surface area contributed by atoms with Crippen LogP contribution in [0.3, 0.4) is 0 Å². The summed E-state index contributed by atoms with van der Waals surface area (Å²) in [6, 6.07) is 4.93. The van der Waals surface area contributed by atoms with Gasteiger partial charge in [0.05, 0.1) is 32.1 Å². The Morgan fingerprint density at radius 1 is 1.30 bits per heavy atom. The summed E-state index contributed by atoms with van der Waals surface area (Å²) in [5, 5.41) is 17.8. The van der Waals surface area contributed by atoms with Crippen molar-refractivity contribution in [1.29, 1.82) is 0 Å². The molecule has 0 atom stereocenters. The van der Waals surface area contributed by atoms with Crippen LogP contribution in [0.5, 0.6) is 5.75 Å². The van der Waals surface area contributed by atoms with Crippen LogP contribution in [-0.4, -0.2) is 60.4 Å². The van der Waals surface area contributed by atoms with Crippen LogP contribution in [-0.2, 0) is 0 Å². The van der Waals surface area contributed by atoms with E-state index in [1.165, 1.54) is 0 Å². The summed E-state index contributed by atoms with van der Waals surface area (Å²) in [4.78, 5) is 13.8. The van der Waals surface area contributed by atoms with Gasteiger partial charge in [0.1, 0.15) is 5.75 Å². The number of nitrogen functional groups attached to an aromatic ring is 1. The summed E-state index contributed by atoms with van der Waals surface area (Å²) in [5.41, 5.74) is 6.74. The molecule has 0 radical (unpaired) electrons. The summed E-state index contributed by atoms with van der Waals surface area (Å²) < 4.78 is 5.32. The Morgan fingerprint density at radius 3 is 2.45 bits per heavy atom. The van der Waals surface area contributed by atoms with E-state index in [-0.39, 0.29) is 25.5 Å². The molecule has 20 heavy (non-hydrogen) atoms. The van der Waals surface area contributed by atoms with Crippen molar-refractivity contribution in [2.45, 2.75) is 6.92 Å². The molecule has 1 aromatic carbocycles. The number of carbonyl (C=O) groups excluding carboxylic acids is 1. The number of aliphatic hydroxyl groups is 2. The first-order chi connectivity index (χ1) is 9.62. The first kappa shape index (κ1) is 16.4. The number of anilines is 1. The van der Waals surface area contributed by atoms with Crippen molar-refractivity contribution in [3.63, 3.8) is 0 Å². The van der Waals surface area contributed by atoms with Gasteiger partial charge in [0, 0.05) is 18.7 Å². The fraction of sp³-hybridized carbons (Fsp3) is 0.500. The van der Waals surface area contributed by atoms with Crippen LogP contribution < -0.4 is 10.5 Å². The maximum Gasteiger partial charge on any atom is 0.176 e. The molecule has 0 unspecified atom stereocenters. The van der Waals surface area contributed by atoms with Crippen molar-refractivity contribution in [2.75, 3.05) is 45.2 Å². The molecule has 0 aromatic heterocycles. The highest BCUT2D eigenvalue weighted by molar-refractivity contribution is 5.98. The Bertz CT molecular complexity index is 431. The van der Waals surface area contributed by atoms with Gasteiger partial charge in [0.15, 0.2) is 5.78 Å². The Hall–Kier alpha value is -1.63. The molecular formula is C14H22N2O4. The third-order valence-electron chi connectivity index (χ3n) is 2.83. The number of aliphatic hydroxyl groups excluding tert-OH is 2. The van der Waals surface area contributed by atoms with Gasteiger partial charge in [-0.25, -0.2) is 0 Å². The number of rotatable bonds is 9. The monoisotopic (exact) mass is 282 g/mol. The number of Topliss-reactive ketones (excluding diaryl/α,β-unsaturated/α-hetero) is 1. The first-order valence-corrected chi connectivity index (χ1v) is 6.62. The van der Waals surface area contributed by atoms with Crippen LogP contribution >= 0.6 is 0 Å². The van der Waals surface area contributed by atoms with E-state index in [4.69, 9.17) is 20.7 Å². The van der Waals surface area contributed by atoms with Gasteiger partial charge in [-0.05, 0) is 25.1 Å². The van der Waals surface area contributed by atoms with Crippen LogP contribution in [0.2, 0.25) is 0 Å². The molecule has 0 saturated carbocycles. The summed E-state index contributed by atoms with van der Waals surface area (Å²) in [6.45, 7) is 3.09. The highest BCUT2D eigenvalue weighted by atomic mass is 16.5. The number of nitrogens with two attached hydrogens (primary N) is 1. The first-order valence-electron chi connectivity index (χ1n) is 6.62. The van der Waals surface area contributed by atoms with Crippen LogP contribution in [0.15, 0.2) is 18.2 Å². The van der Waals surface area contributed by atoms with Crippen molar-refractivity contribution in [3.05, 3.63) is 23.8 Å². The molecule has 0 heterocycles. The largest absolute Gasteiger partial charge is 0.492 e. The van der Waals surface area contributed by atoms with Gasteiger partial charge in [-0.1, -0.05) is 0 Å². The number of ketones is 1. The number of carbonyl (C=O) groups is 1. The molecule has 0 amide bonds. The molecular weight excluding hydrogens is 260 g/mol. The SMILES string of the molecule is CCOc1ccc(C(=O)CN(CCO)CCO)cc1N. The molecule has 112 valence electrons. The predicted octanol–water partition coefficient (Wildman–Crippen LogP) is 0.137. The second kappa shape index (κ2) is 8.52. The number of hydrogen-bond acceptors (Lipinski definition) is 6. The Morgan fingerprint density at radius 2 is 1.95 bits per heavy atom. The number of benzene rings is 1. The van der Waals surface area contributed by atoms with Crippen molar-refractivity contribution >= 4 is 11.5 Å². The van der Waals surface area contributed by atoms with Gasteiger partial charge in [-0.15, -0.1) is 0 Å². The highest BCUT2D eigenvalue weighted by Crippen LogP contribution is 2.22. The van der Waals surface area contributed by atoms with Gasteiger partial charge in [-0.3, -0.25) is 9.69 Å². The van der Waals surface area contributed by atoms with Gasteiger partial charge in [0.25, 0.3) is 0 Å². The molecule has 4 N–H and O–H groups in total. The van der Waals surface area contributed by atoms with E-state index in [1.807, 2.05) is 6.92 Å². The molecule has 0 aliphatic carbocycles. The molecule has 0 aliphatic heterocycles. The van der Waals surface area contributed by atoms with Crippen molar-refractivity contribution in [1.82, 2.24) is 4.90 Å². The quantitative estimate of drug-likeness (QED) is 0.440. The molecule has 0 aliphatic rings. The minimum Gasteiger partial charge on any atom is -0.492 e. The second-order valence-electron chi connectivity index (χ2n) is 4.33. The molecule has 1 aromatic rings. The standard InChI is InChI=1S/C14H22N2O4/c1-2-20-14-4-3-11(9-12(14)15)13(19)10-16(5-7-17)6-8-18/h3-4,9,17-18H,2,5-8,10,15H2,1H3. The second-order valence-corrected chi connectivity index (χ2v) is 4.33. The van der Waals surface area contributed by atoms with E-state index in [2.05, 4.69) is 0 Å². The van der Waals surface area contributed by atoms with E-state index < -0.39 is 0 Å². The Balaban J connectivity index is 2.73. The van der Waals surface area contributed by atoms with Crippen molar-refractivity contribution in [2.24, 2.45) is 0 Å². The normalized spacial score (nSPS) is 10.8. The van der Waals surface area contributed by atoms with E-state index in [0.29, 0.717) is 36.7 Å². The average molecular weight is 282 g/mol. The van der Waals surface area contributed by atoms with E-state index in [9.17, 15) is 4.79 Å². The van der Waals surface area contributed by atoms with Crippen molar-refractivity contribution in [3.8, 4) is 5.75 Å². The maximum absolute atomic E-state index is 12.1. The van der Waals surface area contributed by atoms with Crippen LogP contribution in [0.25, 0.3) is 0 Å². The molecule has 6 heteroatoms. The Kier molecular flexibility index (Phi) is 7.00. The lowest BCUT2D eigenvalue weighted by Gasteiger charge is -2.19. The van der Waals surface area contributed by atoms with E-state index in [0.717, 1.165) is 0 Å².